The highest BCUT2D eigenvalue weighted by Gasteiger charge is 2.51. The molecule has 2 N–H and O–H groups in total. The molecule has 0 aromatic heterocycles. The first-order valence-corrected chi connectivity index (χ1v) is 9.34. The second kappa shape index (κ2) is 8.51. The number of esters is 1. The van der Waals surface area contributed by atoms with Gasteiger partial charge in [-0.1, -0.05) is 72.8 Å². The first kappa shape index (κ1) is 19.3. The predicted molar refractivity (Wildman–Crippen MR) is 105 cm³/mol. The fraction of sp³-hybridized carbons (Fsp3) is 0.348. The molecular weight excluding hydrogens is 340 g/mol. The third-order valence-electron chi connectivity index (χ3n) is 5.37. The summed E-state index contributed by atoms with van der Waals surface area (Å²) in [7, 11) is 0. The molecule has 0 bridgehead atoms. The Bertz CT molecular complexity index is 771. The van der Waals surface area contributed by atoms with Crippen LogP contribution in [0.4, 0.5) is 0 Å². The van der Waals surface area contributed by atoms with Crippen molar-refractivity contribution in [3.05, 3.63) is 77.9 Å². The average Bonchev–Trinajstić information content (AvgIpc) is 2.70. The second-order valence-electron chi connectivity index (χ2n) is 7.30. The van der Waals surface area contributed by atoms with Gasteiger partial charge in [0.05, 0.1) is 12.2 Å². The molecular formula is C23H26O4. The molecule has 0 unspecified atom stereocenters. The molecule has 0 saturated carbocycles. The van der Waals surface area contributed by atoms with Crippen LogP contribution in [0.2, 0.25) is 0 Å². The van der Waals surface area contributed by atoms with E-state index in [4.69, 9.17) is 4.74 Å². The van der Waals surface area contributed by atoms with Gasteiger partial charge in [0.25, 0.3) is 0 Å². The highest BCUT2D eigenvalue weighted by atomic mass is 16.6. The SMILES string of the molecule is C[C@@]1([C@H](O)/C=C/c2ccccc2)C(=O)O[C@H](CCc2ccccc2)C[C@H]1O. The van der Waals surface area contributed by atoms with Gasteiger partial charge in [0.1, 0.15) is 11.5 Å². The van der Waals surface area contributed by atoms with Gasteiger partial charge in [-0.05, 0) is 30.9 Å². The minimum atomic E-state index is -1.37. The Labute approximate surface area is 160 Å². The van der Waals surface area contributed by atoms with Crippen molar-refractivity contribution in [1.29, 1.82) is 0 Å². The number of hydrogen-bond donors (Lipinski definition) is 2. The molecule has 0 radical (unpaired) electrons. The van der Waals surface area contributed by atoms with E-state index in [1.54, 1.807) is 19.1 Å². The van der Waals surface area contributed by atoms with E-state index >= 15 is 0 Å². The number of benzene rings is 2. The fourth-order valence-electron chi connectivity index (χ4n) is 3.39. The van der Waals surface area contributed by atoms with Crippen molar-refractivity contribution < 1.29 is 19.7 Å². The van der Waals surface area contributed by atoms with E-state index in [0.29, 0.717) is 12.8 Å². The van der Waals surface area contributed by atoms with Crippen LogP contribution >= 0.6 is 0 Å². The van der Waals surface area contributed by atoms with Crippen molar-refractivity contribution in [1.82, 2.24) is 0 Å². The van der Waals surface area contributed by atoms with Gasteiger partial charge >= 0.3 is 5.97 Å². The topological polar surface area (TPSA) is 66.8 Å². The lowest BCUT2D eigenvalue weighted by Gasteiger charge is -2.41. The van der Waals surface area contributed by atoms with E-state index in [2.05, 4.69) is 0 Å². The fourth-order valence-corrected chi connectivity index (χ4v) is 3.39. The minimum Gasteiger partial charge on any atom is -0.462 e. The van der Waals surface area contributed by atoms with Crippen LogP contribution in [0.15, 0.2) is 66.7 Å². The van der Waals surface area contributed by atoms with Gasteiger partial charge in [0.2, 0.25) is 0 Å². The molecule has 4 nitrogen and oxygen atoms in total. The van der Waals surface area contributed by atoms with E-state index in [1.807, 2.05) is 60.7 Å². The number of aliphatic hydroxyl groups is 2. The van der Waals surface area contributed by atoms with Gasteiger partial charge < -0.3 is 14.9 Å². The van der Waals surface area contributed by atoms with Crippen LogP contribution in [0.1, 0.15) is 30.9 Å². The molecule has 142 valence electrons. The Morgan fingerprint density at radius 3 is 2.41 bits per heavy atom. The predicted octanol–water partition coefficient (Wildman–Crippen LogP) is 3.38. The van der Waals surface area contributed by atoms with Crippen molar-refractivity contribution in [3.63, 3.8) is 0 Å². The maximum Gasteiger partial charge on any atom is 0.317 e. The van der Waals surface area contributed by atoms with Crippen molar-refractivity contribution in [3.8, 4) is 0 Å². The van der Waals surface area contributed by atoms with E-state index < -0.39 is 23.6 Å². The number of aliphatic hydroxyl groups excluding tert-OH is 2. The van der Waals surface area contributed by atoms with Gasteiger partial charge in [-0.3, -0.25) is 4.79 Å². The summed E-state index contributed by atoms with van der Waals surface area (Å²) < 4.78 is 5.57. The van der Waals surface area contributed by atoms with Gasteiger partial charge in [-0.25, -0.2) is 0 Å². The Hall–Kier alpha value is -2.43. The Balaban J connectivity index is 1.63. The smallest absolute Gasteiger partial charge is 0.317 e. The lowest BCUT2D eigenvalue weighted by atomic mass is 9.74. The summed E-state index contributed by atoms with van der Waals surface area (Å²) in [6, 6.07) is 19.5. The molecule has 1 fully saturated rings. The minimum absolute atomic E-state index is 0.325. The zero-order valence-electron chi connectivity index (χ0n) is 15.5. The van der Waals surface area contributed by atoms with Crippen molar-refractivity contribution >= 4 is 12.0 Å². The quantitative estimate of drug-likeness (QED) is 0.769. The Morgan fingerprint density at radius 2 is 1.78 bits per heavy atom. The summed E-state index contributed by atoms with van der Waals surface area (Å²) in [4.78, 5) is 12.6. The number of hydrogen-bond acceptors (Lipinski definition) is 4. The molecule has 27 heavy (non-hydrogen) atoms. The first-order valence-electron chi connectivity index (χ1n) is 9.34. The molecule has 0 aliphatic carbocycles. The van der Waals surface area contributed by atoms with Gasteiger partial charge in [-0.2, -0.15) is 0 Å². The zero-order chi connectivity index (χ0) is 19.3. The summed E-state index contributed by atoms with van der Waals surface area (Å²) in [6.45, 7) is 1.56. The maximum absolute atomic E-state index is 12.6. The van der Waals surface area contributed by atoms with Gasteiger partial charge in [0.15, 0.2) is 0 Å². The number of carbonyl (C=O) groups excluding carboxylic acids is 1. The highest BCUT2D eigenvalue weighted by molar-refractivity contribution is 5.79. The molecule has 1 heterocycles. The number of rotatable bonds is 6. The Morgan fingerprint density at radius 1 is 1.15 bits per heavy atom. The number of ether oxygens (including phenoxy) is 1. The summed E-state index contributed by atoms with van der Waals surface area (Å²) in [5, 5.41) is 21.2. The van der Waals surface area contributed by atoms with Crippen molar-refractivity contribution in [2.45, 2.75) is 44.5 Å². The summed E-state index contributed by atoms with van der Waals surface area (Å²) >= 11 is 0. The largest absolute Gasteiger partial charge is 0.462 e. The highest BCUT2D eigenvalue weighted by Crippen LogP contribution is 2.37. The molecule has 1 aliphatic heterocycles. The standard InChI is InChI=1S/C23H26O4/c1-23(20(24)15-13-18-10-6-3-7-11-18)21(25)16-19(27-22(23)26)14-12-17-8-4-2-5-9-17/h2-11,13,15,19-21,24-25H,12,14,16H2,1H3/b15-13+/t19-,20-,21-,23+/m1/s1. The molecule has 0 spiro atoms. The first-order chi connectivity index (χ1) is 13.0. The number of carbonyl (C=O) groups is 1. The third-order valence-corrected chi connectivity index (χ3v) is 5.37. The molecule has 4 heteroatoms. The lowest BCUT2D eigenvalue weighted by molar-refractivity contribution is -0.193. The molecule has 4 atom stereocenters. The second-order valence-corrected chi connectivity index (χ2v) is 7.30. The summed E-state index contributed by atoms with van der Waals surface area (Å²) in [6.07, 6.45) is 2.61. The van der Waals surface area contributed by atoms with Crippen LogP contribution in [0.3, 0.4) is 0 Å². The summed E-state index contributed by atoms with van der Waals surface area (Å²) in [5.74, 6) is -0.551. The van der Waals surface area contributed by atoms with Crippen molar-refractivity contribution in [2.24, 2.45) is 5.41 Å². The van der Waals surface area contributed by atoms with Crippen LogP contribution in [0, 0.1) is 5.41 Å². The average molecular weight is 366 g/mol. The maximum atomic E-state index is 12.6. The van der Waals surface area contributed by atoms with Crippen molar-refractivity contribution in [2.75, 3.05) is 0 Å². The number of aryl methyl sites for hydroxylation is 1. The van der Waals surface area contributed by atoms with E-state index in [9.17, 15) is 15.0 Å². The van der Waals surface area contributed by atoms with E-state index in [-0.39, 0.29) is 6.10 Å². The zero-order valence-corrected chi connectivity index (χ0v) is 15.5. The molecule has 1 aliphatic rings. The molecule has 3 rings (SSSR count). The van der Waals surface area contributed by atoms with Crippen LogP contribution < -0.4 is 0 Å². The molecule has 1 saturated heterocycles. The third kappa shape index (κ3) is 4.46. The van der Waals surface area contributed by atoms with E-state index in [0.717, 1.165) is 12.0 Å². The number of cyclic esters (lactones) is 1. The van der Waals surface area contributed by atoms with Crippen LogP contribution in [-0.4, -0.2) is 34.5 Å². The van der Waals surface area contributed by atoms with Crippen LogP contribution in [0.5, 0.6) is 0 Å². The summed E-state index contributed by atoms with van der Waals surface area (Å²) in [5.41, 5.74) is 0.718. The molecule has 0 amide bonds. The normalized spacial score (nSPS) is 26.7. The molecule has 2 aromatic rings. The monoisotopic (exact) mass is 366 g/mol. The van der Waals surface area contributed by atoms with Gasteiger partial charge in [-0.15, -0.1) is 0 Å². The van der Waals surface area contributed by atoms with Gasteiger partial charge in [0, 0.05) is 6.42 Å². The molecule has 2 aromatic carbocycles. The Kier molecular flexibility index (Phi) is 6.09. The van der Waals surface area contributed by atoms with E-state index in [1.165, 1.54) is 5.56 Å². The van der Waals surface area contributed by atoms with Crippen LogP contribution in [0.25, 0.3) is 6.08 Å². The lowest BCUT2D eigenvalue weighted by Crippen LogP contribution is -2.55. The van der Waals surface area contributed by atoms with Crippen LogP contribution in [-0.2, 0) is 16.0 Å².